The van der Waals surface area contributed by atoms with E-state index in [4.69, 9.17) is 4.42 Å². The van der Waals surface area contributed by atoms with Gasteiger partial charge in [-0.05, 0) is 30.9 Å². The molecule has 0 saturated carbocycles. The molecular weight excluding hydrogens is 294 g/mol. The van der Waals surface area contributed by atoms with Gasteiger partial charge in [-0.15, -0.1) is 0 Å². The third kappa shape index (κ3) is 3.03. The van der Waals surface area contributed by atoms with Gasteiger partial charge in [-0.1, -0.05) is 13.8 Å². The van der Waals surface area contributed by atoms with Crippen LogP contribution in [0.1, 0.15) is 43.9 Å². The fourth-order valence-corrected chi connectivity index (χ4v) is 3.15. The lowest BCUT2D eigenvalue weighted by atomic mass is 9.87. The van der Waals surface area contributed by atoms with Crippen molar-refractivity contribution in [1.82, 2.24) is 14.7 Å². The largest absolute Gasteiger partial charge is 0.479 e. The molecule has 124 valence electrons. The molecule has 0 unspecified atom stereocenters. The van der Waals surface area contributed by atoms with Crippen LogP contribution in [-0.2, 0) is 16.9 Å². The number of carbonyl (C=O) groups is 1. The molecule has 1 fully saturated rings. The van der Waals surface area contributed by atoms with Crippen LogP contribution in [0.2, 0.25) is 0 Å². The first kappa shape index (κ1) is 15.8. The molecule has 0 radical (unpaired) electrons. The van der Waals surface area contributed by atoms with Crippen LogP contribution in [0.5, 0.6) is 0 Å². The number of nitrogens with zero attached hydrogens (tertiary/aromatic N) is 3. The van der Waals surface area contributed by atoms with Crippen LogP contribution in [0.25, 0.3) is 0 Å². The maximum Gasteiger partial charge on any atom is 0.331 e. The van der Waals surface area contributed by atoms with Crippen LogP contribution < -0.4 is 0 Å². The van der Waals surface area contributed by atoms with Gasteiger partial charge < -0.3 is 9.52 Å². The molecule has 6 nitrogen and oxygen atoms in total. The van der Waals surface area contributed by atoms with Crippen molar-refractivity contribution in [1.29, 1.82) is 0 Å². The number of carboxylic acids is 1. The molecule has 0 amide bonds. The van der Waals surface area contributed by atoms with E-state index in [9.17, 15) is 9.90 Å². The Morgan fingerprint density at radius 2 is 2.13 bits per heavy atom. The summed E-state index contributed by atoms with van der Waals surface area (Å²) in [5.41, 5.74) is 1.13. The minimum atomic E-state index is -0.931. The Hall–Kier alpha value is -2.08. The summed E-state index contributed by atoms with van der Waals surface area (Å²) < 4.78 is 6.76. The van der Waals surface area contributed by atoms with Crippen LogP contribution in [-0.4, -0.2) is 38.8 Å². The molecule has 1 saturated heterocycles. The minimum absolute atomic E-state index is 0.295. The third-order valence-electron chi connectivity index (χ3n) is 4.71. The molecule has 2 aromatic heterocycles. The van der Waals surface area contributed by atoms with Gasteiger partial charge in [0.1, 0.15) is 0 Å². The molecular formula is C17H23N3O3. The SMILES string of the molecule is CC(C)c1ccn(C2(C(=O)O)CCN(Cc3ccoc3)CC2)n1. The molecule has 0 bridgehead atoms. The number of likely N-dealkylation sites (tertiary alicyclic amines) is 1. The van der Waals surface area contributed by atoms with Gasteiger partial charge in [-0.3, -0.25) is 9.58 Å². The molecule has 2 aromatic rings. The van der Waals surface area contributed by atoms with E-state index in [1.54, 1.807) is 17.2 Å². The van der Waals surface area contributed by atoms with Crippen LogP contribution in [0, 0.1) is 0 Å². The van der Waals surface area contributed by atoms with Crippen molar-refractivity contribution in [3.63, 3.8) is 0 Å². The van der Waals surface area contributed by atoms with Crippen LogP contribution in [0.3, 0.4) is 0 Å². The Balaban J connectivity index is 1.74. The first-order chi connectivity index (χ1) is 11.0. The second kappa shape index (κ2) is 6.20. The van der Waals surface area contributed by atoms with E-state index in [0.717, 1.165) is 30.9 Å². The summed E-state index contributed by atoms with van der Waals surface area (Å²) >= 11 is 0. The Labute approximate surface area is 135 Å². The summed E-state index contributed by atoms with van der Waals surface area (Å²) in [4.78, 5) is 14.2. The maximum atomic E-state index is 12.0. The van der Waals surface area contributed by atoms with Crippen LogP contribution >= 0.6 is 0 Å². The van der Waals surface area contributed by atoms with Crippen LogP contribution in [0.15, 0.2) is 35.3 Å². The predicted octanol–water partition coefficient (Wildman–Crippen LogP) is 2.68. The predicted molar refractivity (Wildman–Crippen MR) is 85.1 cm³/mol. The van der Waals surface area contributed by atoms with E-state index >= 15 is 0 Å². The zero-order valence-corrected chi connectivity index (χ0v) is 13.6. The van der Waals surface area contributed by atoms with Crippen molar-refractivity contribution in [2.45, 2.75) is 44.7 Å². The highest BCUT2D eigenvalue weighted by molar-refractivity contribution is 5.76. The summed E-state index contributed by atoms with van der Waals surface area (Å²) in [5.74, 6) is -0.498. The number of piperidine rings is 1. The van der Waals surface area contributed by atoms with Crippen molar-refractivity contribution in [2.75, 3.05) is 13.1 Å². The molecule has 0 atom stereocenters. The first-order valence-electron chi connectivity index (χ1n) is 8.04. The smallest absolute Gasteiger partial charge is 0.331 e. The first-order valence-corrected chi connectivity index (χ1v) is 8.04. The topological polar surface area (TPSA) is 71.5 Å². The maximum absolute atomic E-state index is 12.0. The molecule has 3 rings (SSSR count). The van der Waals surface area contributed by atoms with E-state index in [2.05, 4.69) is 23.8 Å². The van der Waals surface area contributed by atoms with Gasteiger partial charge in [-0.25, -0.2) is 4.79 Å². The molecule has 0 aromatic carbocycles. The number of aliphatic carboxylic acids is 1. The highest BCUT2D eigenvalue weighted by Crippen LogP contribution is 2.31. The van der Waals surface area contributed by atoms with Gasteiger partial charge in [0.15, 0.2) is 5.54 Å². The fourth-order valence-electron chi connectivity index (χ4n) is 3.15. The van der Waals surface area contributed by atoms with Gasteiger partial charge in [-0.2, -0.15) is 5.10 Å². The number of furan rings is 1. The van der Waals surface area contributed by atoms with Crippen molar-refractivity contribution in [2.24, 2.45) is 0 Å². The fraction of sp³-hybridized carbons (Fsp3) is 0.529. The second-order valence-corrected chi connectivity index (χ2v) is 6.58. The lowest BCUT2D eigenvalue weighted by Crippen LogP contribution is -2.51. The minimum Gasteiger partial charge on any atom is -0.479 e. The van der Waals surface area contributed by atoms with Crippen LogP contribution in [0.4, 0.5) is 0 Å². The van der Waals surface area contributed by atoms with Gasteiger partial charge in [0, 0.05) is 31.4 Å². The lowest BCUT2D eigenvalue weighted by Gasteiger charge is -2.38. The van der Waals surface area contributed by atoms with Crippen molar-refractivity contribution in [3.8, 4) is 0 Å². The standard InChI is InChI=1S/C17H23N3O3/c1-13(2)15-3-7-20(18-15)17(16(21)22)5-8-19(9-6-17)11-14-4-10-23-12-14/h3-4,7,10,12-13H,5-6,8-9,11H2,1-2H3,(H,21,22). The highest BCUT2D eigenvalue weighted by Gasteiger charge is 2.44. The Morgan fingerprint density at radius 1 is 1.39 bits per heavy atom. The molecule has 3 heterocycles. The van der Waals surface area contributed by atoms with Gasteiger partial charge >= 0.3 is 5.97 Å². The average Bonchev–Trinajstić information content (AvgIpc) is 3.19. The zero-order valence-electron chi connectivity index (χ0n) is 13.6. The van der Waals surface area contributed by atoms with E-state index in [1.165, 1.54) is 0 Å². The van der Waals surface area contributed by atoms with Gasteiger partial charge in [0.2, 0.25) is 0 Å². The van der Waals surface area contributed by atoms with Crippen molar-refractivity contribution in [3.05, 3.63) is 42.1 Å². The summed E-state index contributed by atoms with van der Waals surface area (Å²) in [6.07, 6.45) is 6.33. The summed E-state index contributed by atoms with van der Waals surface area (Å²) in [6.45, 7) is 6.38. The Morgan fingerprint density at radius 3 is 2.65 bits per heavy atom. The van der Waals surface area contributed by atoms with Gasteiger partial charge in [0.25, 0.3) is 0 Å². The van der Waals surface area contributed by atoms with Crippen molar-refractivity contribution >= 4 is 5.97 Å². The molecule has 6 heteroatoms. The van der Waals surface area contributed by atoms with E-state index in [1.807, 2.05) is 18.3 Å². The molecule has 1 aliphatic rings. The molecule has 0 spiro atoms. The number of hydrogen-bond acceptors (Lipinski definition) is 4. The molecule has 1 aliphatic heterocycles. The highest BCUT2D eigenvalue weighted by atomic mass is 16.4. The van der Waals surface area contributed by atoms with E-state index in [0.29, 0.717) is 18.8 Å². The molecule has 23 heavy (non-hydrogen) atoms. The zero-order chi connectivity index (χ0) is 16.4. The van der Waals surface area contributed by atoms with Gasteiger partial charge in [0.05, 0.1) is 18.2 Å². The number of carboxylic acid groups (broad SMARTS) is 1. The van der Waals surface area contributed by atoms with Crippen molar-refractivity contribution < 1.29 is 14.3 Å². The monoisotopic (exact) mass is 317 g/mol. The average molecular weight is 317 g/mol. The number of hydrogen-bond donors (Lipinski definition) is 1. The Bertz CT molecular complexity index is 652. The van der Waals surface area contributed by atoms with E-state index in [-0.39, 0.29) is 0 Å². The molecule has 1 N–H and O–H groups in total. The normalized spacial score (nSPS) is 18.4. The third-order valence-corrected chi connectivity index (χ3v) is 4.71. The summed E-state index contributed by atoms with van der Waals surface area (Å²) in [6, 6.07) is 3.87. The van der Waals surface area contributed by atoms with E-state index < -0.39 is 11.5 Å². The molecule has 0 aliphatic carbocycles. The number of rotatable bonds is 5. The summed E-state index contributed by atoms with van der Waals surface area (Å²) in [5, 5.41) is 14.4. The summed E-state index contributed by atoms with van der Waals surface area (Å²) in [7, 11) is 0. The second-order valence-electron chi connectivity index (χ2n) is 6.58. The lowest BCUT2D eigenvalue weighted by molar-refractivity contribution is -0.151. The number of aromatic nitrogens is 2. The Kier molecular flexibility index (Phi) is 4.26. The quantitative estimate of drug-likeness (QED) is 0.918.